The molecule has 1 aliphatic rings. The van der Waals surface area contributed by atoms with Gasteiger partial charge in [0.1, 0.15) is 6.54 Å². The lowest BCUT2D eigenvalue weighted by atomic mass is 10.1. The van der Waals surface area contributed by atoms with Crippen LogP contribution < -0.4 is 15.4 Å². The summed E-state index contributed by atoms with van der Waals surface area (Å²) in [4.78, 5) is 39.0. The predicted molar refractivity (Wildman–Crippen MR) is 82.2 cm³/mol. The van der Waals surface area contributed by atoms with Gasteiger partial charge in [-0.2, -0.15) is 0 Å². The Morgan fingerprint density at radius 2 is 2.00 bits per heavy atom. The number of anilines is 1. The molecule has 24 heavy (non-hydrogen) atoms. The fraction of sp³-hybridized carbons (Fsp3) is 0.133. The molecule has 9 heteroatoms. The number of aromatic nitrogens is 1. The van der Waals surface area contributed by atoms with E-state index >= 15 is 0 Å². The van der Waals surface area contributed by atoms with E-state index < -0.39 is 35.2 Å². The summed E-state index contributed by atoms with van der Waals surface area (Å²) >= 11 is 0. The molecule has 9 nitrogen and oxygen atoms in total. The number of benzene rings is 1. The smallest absolute Gasteiger partial charge is 0.366 e. The average molecular weight is 328 g/mol. The summed E-state index contributed by atoms with van der Waals surface area (Å²) in [6, 6.07) is 11.2. The summed E-state index contributed by atoms with van der Waals surface area (Å²) in [6.45, 7) is -0.452. The second-order valence-corrected chi connectivity index (χ2v) is 5.05. The number of amides is 2. The third-order valence-electron chi connectivity index (χ3n) is 3.42. The van der Waals surface area contributed by atoms with Crippen molar-refractivity contribution in [2.45, 2.75) is 6.10 Å². The average Bonchev–Trinajstić information content (AvgIpc) is 2.57. The van der Waals surface area contributed by atoms with E-state index in [0.29, 0.717) is 5.56 Å². The maximum absolute atomic E-state index is 12.7. The van der Waals surface area contributed by atoms with Crippen LogP contribution in [0.15, 0.2) is 42.5 Å². The number of hydrogen-bond donors (Lipinski definition) is 1. The standard InChI is InChI=1S/C15H12N4O5/c16-11(20)8-18-14-10(6-7-12(17-14)19(22)23)24-13(15(18)21)9-4-2-1-3-5-9/h1-7,13H,8H2,(H2,16,20). The Bertz CT molecular complexity index is 824. The molecule has 2 amide bonds. The number of hydrogen-bond acceptors (Lipinski definition) is 6. The number of rotatable bonds is 4. The summed E-state index contributed by atoms with van der Waals surface area (Å²) in [6.07, 6.45) is -0.985. The molecule has 1 aromatic carbocycles. The predicted octanol–water partition coefficient (Wildman–Crippen LogP) is 0.942. The minimum Gasteiger partial charge on any atom is -0.469 e. The first kappa shape index (κ1) is 15.4. The number of carbonyl (C=O) groups is 2. The first-order chi connectivity index (χ1) is 11.5. The number of nitrogens with zero attached hydrogens (tertiary/aromatic N) is 3. The van der Waals surface area contributed by atoms with Gasteiger partial charge in [0.15, 0.2) is 5.75 Å². The van der Waals surface area contributed by atoms with Crippen LogP contribution >= 0.6 is 0 Å². The zero-order chi connectivity index (χ0) is 17.3. The zero-order valence-electron chi connectivity index (χ0n) is 12.3. The van der Waals surface area contributed by atoms with Gasteiger partial charge in [0, 0.05) is 11.6 Å². The fourth-order valence-electron chi connectivity index (χ4n) is 2.38. The zero-order valence-corrected chi connectivity index (χ0v) is 12.3. The van der Waals surface area contributed by atoms with Gasteiger partial charge >= 0.3 is 5.82 Å². The van der Waals surface area contributed by atoms with Crippen LogP contribution in [0.2, 0.25) is 0 Å². The summed E-state index contributed by atoms with van der Waals surface area (Å²) in [5.74, 6) is -1.73. The summed E-state index contributed by atoms with van der Waals surface area (Å²) < 4.78 is 5.65. The van der Waals surface area contributed by atoms with Gasteiger partial charge in [0.2, 0.25) is 12.0 Å². The van der Waals surface area contributed by atoms with Crippen LogP contribution in [0.1, 0.15) is 11.7 Å². The van der Waals surface area contributed by atoms with E-state index in [2.05, 4.69) is 4.98 Å². The molecule has 0 bridgehead atoms. The highest BCUT2D eigenvalue weighted by Gasteiger charge is 2.40. The molecule has 0 aliphatic carbocycles. The topological polar surface area (TPSA) is 129 Å². The molecular formula is C15H12N4O5. The normalized spacial score (nSPS) is 16.2. The molecule has 3 rings (SSSR count). The summed E-state index contributed by atoms with van der Waals surface area (Å²) in [5, 5.41) is 10.9. The van der Waals surface area contributed by atoms with E-state index in [4.69, 9.17) is 10.5 Å². The second-order valence-electron chi connectivity index (χ2n) is 5.05. The van der Waals surface area contributed by atoms with Gasteiger partial charge in [-0.1, -0.05) is 30.3 Å². The van der Waals surface area contributed by atoms with Crippen molar-refractivity contribution in [1.82, 2.24) is 4.98 Å². The van der Waals surface area contributed by atoms with Gasteiger partial charge in [0.25, 0.3) is 11.7 Å². The Morgan fingerprint density at radius 1 is 1.29 bits per heavy atom. The lowest BCUT2D eigenvalue weighted by molar-refractivity contribution is -0.389. The summed E-state index contributed by atoms with van der Waals surface area (Å²) in [7, 11) is 0. The molecule has 1 aromatic heterocycles. The van der Waals surface area contributed by atoms with E-state index in [1.807, 2.05) is 0 Å². The van der Waals surface area contributed by atoms with Crippen LogP contribution in [-0.2, 0) is 9.59 Å². The van der Waals surface area contributed by atoms with Crippen LogP contribution in [0.4, 0.5) is 11.6 Å². The molecule has 2 heterocycles. The molecule has 0 radical (unpaired) electrons. The third kappa shape index (κ3) is 2.74. The van der Waals surface area contributed by atoms with Crippen molar-refractivity contribution in [2.75, 3.05) is 11.4 Å². The monoisotopic (exact) mass is 328 g/mol. The minimum atomic E-state index is -0.985. The van der Waals surface area contributed by atoms with Gasteiger partial charge in [-0.3, -0.25) is 14.5 Å². The molecular weight excluding hydrogens is 316 g/mol. The van der Waals surface area contributed by atoms with Gasteiger partial charge in [0.05, 0.1) is 0 Å². The molecule has 2 aromatic rings. The molecule has 0 saturated heterocycles. The van der Waals surface area contributed by atoms with Crippen LogP contribution in [0.3, 0.4) is 0 Å². The molecule has 0 saturated carbocycles. The van der Waals surface area contributed by atoms with Crippen LogP contribution in [0.5, 0.6) is 5.75 Å². The number of primary amides is 1. The van der Waals surface area contributed by atoms with Crippen molar-refractivity contribution in [3.8, 4) is 5.75 Å². The van der Waals surface area contributed by atoms with Gasteiger partial charge < -0.3 is 20.6 Å². The van der Waals surface area contributed by atoms with E-state index in [0.717, 1.165) is 4.90 Å². The lowest BCUT2D eigenvalue weighted by Gasteiger charge is -2.30. The van der Waals surface area contributed by atoms with Crippen molar-refractivity contribution < 1.29 is 19.2 Å². The Kier molecular flexibility index (Phi) is 3.82. The van der Waals surface area contributed by atoms with Crippen LogP contribution in [0.25, 0.3) is 0 Å². The maximum atomic E-state index is 12.7. The minimum absolute atomic E-state index is 0.0971. The molecule has 122 valence electrons. The molecule has 1 atom stereocenters. The van der Waals surface area contributed by atoms with E-state index in [9.17, 15) is 19.7 Å². The Hall–Kier alpha value is -3.49. The van der Waals surface area contributed by atoms with Crippen molar-refractivity contribution in [1.29, 1.82) is 0 Å². The van der Waals surface area contributed by atoms with Gasteiger partial charge in [-0.05, 0) is 16.0 Å². The summed E-state index contributed by atoms with van der Waals surface area (Å²) in [5.41, 5.74) is 5.77. The molecule has 0 spiro atoms. The quantitative estimate of drug-likeness (QED) is 0.657. The van der Waals surface area contributed by atoms with E-state index in [1.165, 1.54) is 12.1 Å². The van der Waals surface area contributed by atoms with Crippen LogP contribution in [0, 0.1) is 10.1 Å². The SMILES string of the molecule is NC(=O)CN1C(=O)C(c2ccccc2)Oc2ccc([N+](=O)[O-])nc21. The highest BCUT2D eigenvalue weighted by atomic mass is 16.6. The van der Waals surface area contributed by atoms with Crippen molar-refractivity contribution in [2.24, 2.45) is 5.73 Å². The van der Waals surface area contributed by atoms with Gasteiger partial charge in [-0.15, -0.1) is 0 Å². The third-order valence-corrected chi connectivity index (χ3v) is 3.42. The fourth-order valence-corrected chi connectivity index (χ4v) is 2.38. The van der Waals surface area contributed by atoms with Crippen molar-refractivity contribution in [3.05, 3.63) is 58.1 Å². The number of nitrogens with two attached hydrogens (primary N) is 1. The molecule has 0 fully saturated rings. The number of ether oxygens (including phenoxy) is 1. The Morgan fingerprint density at radius 3 is 2.62 bits per heavy atom. The highest BCUT2D eigenvalue weighted by Crippen LogP contribution is 2.38. The first-order valence-corrected chi connectivity index (χ1v) is 6.94. The number of nitro groups is 1. The Labute approximate surface area is 135 Å². The van der Waals surface area contributed by atoms with Crippen molar-refractivity contribution in [3.63, 3.8) is 0 Å². The first-order valence-electron chi connectivity index (χ1n) is 6.94. The number of carbonyl (C=O) groups excluding carboxylic acids is 2. The van der Waals surface area contributed by atoms with Crippen molar-refractivity contribution >= 4 is 23.5 Å². The molecule has 1 aliphatic heterocycles. The number of pyridine rings is 1. The van der Waals surface area contributed by atoms with Gasteiger partial charge in [-0.25, -0.2) is 0 Å². The number of fused-ring (bicyclic) bond motifs is 1. The maximum Gasteiger partial charge on any atom is 0.366 e. The van der Waals surface area contributed by atoms with E-state index in [1.54, 1.807) is 30.3 Å². The highest BCUT2D eigenvalue weighted by molar-refractivity contribution is 6.03. The second kappa shape index (κ2) is 5.95. The lowest BCUT2D eigenvalue weighted by Crippen LogP contribution is -2.45. The molecule has 1 unspecified atom stereocenters. The van der Waals surface area contributed by atoms with E-state index in [-0.39, 0.29) is 11.6 Å². The van der Waals surface area contributed by atoms with Crippen LogP contribution in [-0.4, -0.2) is 28.3 Å². The largest absolute Gasteiger partial charge is 0.469 e. The molecule has 2 N–H and O–H groups in total. The Balaban J connectivity index is 2.08.